The van der Waals surface area contributed by atoms with Crippen LogP contribution < -0.4 is 10.6 Å². The lowest BCUT2D eigenvalue weighted by atomic mass is 9.78. The van der Waals surface area contributed by atoms with E-state index in [1.165, 1.54) is 17.5 Å². The minimum absolute atomic E-state index is 0. The number of nitrogens with zero attached hydrogens (tertiary/aromatic N) is 1. The first-order valence-corrected chi connectivity index (χ1v) is 9.47. The van der Waals surface area contributed by atoms with E-state index in [4.69, 9.17) is 4.74 Å². The molecule has 1 saturated heterocycles. The molecule has 0 bridgehead atoms. The Morgan fingerprint density at radius 3 is 2.62 bits per heavy atom. The number of guanidine groups is 1. The summed E-state index contributed by atoms with van der Waals surface area (Å²) in [6.45, 7) is 12.9. The molecule has 0 saturated carbocycles. The van der Waals surface area contributed by atoms with E-state index in [2.05, 4.69) is 74.5 Å². The van der Waals surface area contributed by atoms with Crippen LogP contribution in [0.2, 0.25) is 0 Å². The molecular formula is C21H36IN3O. The quantitative estimate of drug-likeness (QED) is 0.379. The first kappa shape index (κ1) is 23.2. The number of aryl methyl sites for hydroxylation is 1. The van der Waals surface area contributed by atoms with Crippen molar-refractivity contribution in [2.45, 2.75) is 59.6 Å². The molecule has 1 fully saturated rings. The predicted octanol–water partition coefficient (Wildman–Crippen LogP) is 4.68. The third kappa shape index (κ3) is 6.41. The largest absolute Gasteiger partial charge is 0.377 e. The van der Waals surface area contributed by atoms with Gasteiger partial charge in [0.2, 0.25) is 0 Å². The average Bonchev–Trinajstić information content (AvgIpc) is 2.58. The van der Waals surface area contributed by atoms with E-state index in [1.54, 1.807) is 0 Å². The van der Waals surface area contributed by atoms with Gasteiger partial charge in [0.15, 0.2) is 5.96 Å². The van der Waals surface area contributed by atoms with Crippen molar-refractivity contribution in [3.8, 4) is 0 Å². The zero-order valence-corrected chi connectivity index (χ0v) is 19.5. The van der Waals surface area contributed by atoms with Crippen molar-refractivity contribution in [1.29, 1.82) is 0 Å². The third-order valence-corrected chi connectivity index (χ3v) is 5.06. The van der Waals surface area contributed by atoms with Crippen molar-refractivity contribution in [2.24, 2.45) is 16.3 Å². The highest BCUT2D eigenvalue weighted by Gasteiger charge is 2.35. The molecule has 5 heteroatoms. The summed E-state index contributed by atoms with van der Waals surface area (Å²) in [4.78, 5) is 4.41. The van der Waals surface area contributed by atoms with Gasteiger partial charge in [0.05, 0.1) is 12.1 Å². The maximum atomic E-state index is 6.09. The monoisotopic (exact) mass is 473 g/mol. The van der Waals surface area contributed by atoms with E-state index in [-0.39, 0.29) is 35.4 Å². The fraction of sp³-hybridized carbons (Fsp3) is 0.667. The smallest absolute Gasteiger partial charge is 0.191 e. The highest BCUT2D eigenvalue weighted by molar-refractivity contribution is 14.0. The van der Waals surface area contributed by atoms with E-state index < -0.39 is 0 Å². The van der Waals surface area contributed by atoms with E-state index >= 15 is 0 Å². The van der Waals surface area contributed by atoms with Gasteiger partial charge < -0.3 is 15.4 Å². The Kier molecular flexibility index (Phi) is 9.38. The van der Waals surface area contributed by atoms with Crippen LogP contribution in [0.1, 0.15) is 57.7 Å². The number of hydrogen-bond donors (Lipinski definition) is 2. The van der Waals surface area contributed by atoms with Crippen LogP contribution in [0.25, 0.3) is 0 Å². The van der Waals surface area contributed by atoms with Crippen LogP contribution in [0.5, 0.6) is 0 Å². The molecule has 0 aromatic heterocycles. The maximum absolute atomic E-state index is 6.09. The third-order valence-electron chi connectivity index (χ3n) is 5.06. The number of halogens is 1. The average molecular weight is 473 g/mol. The molecule has 1 aliphatic rings. The van der Waals surface area contributed by atoms with Gasteiger partial charge in [0.1, 0.15) is 0 Å². The Morgan fingerprint density at radius 2 is 2.00 bits per heavy atom. The Morgan fingerprint density at radius 1 is 1.31 bits per heavy atom. The molecule has 148 valence electrons. The molecule has 26 heavy (non-hydrogen) atoms. The molecule has 1 aromatic rings. The molecule has 0 radical (unpaired) electrons. The van der Waals surface area contributed by atoms with Gasteiger partial charge in [-0.2, -0.15) is 0 Å². The second-order valence-electron chi connectivity index (χ2n) is 8.24. The molecule has 4 nitrogen and oxygen atoms in total. The fourth-order valence-corrected chi connectivity index (χ4v) is 3.79. The molecular weight excluding hydrogens is 437 g/mol. The van der Waals surface area contributed by atoms with Crippen LogP contribution in [-0.4, -0.2) is 32.3 Å². The molecule has 1 heterocycles. The van der Waals surface area contributed by atoms with Gasteiger partial charge in [-0.3, -0.25) is 4.99 Å². The Balaban J connectivity index is 0.00000338. The van der Waals surface area contributed by atoms with Crippen molar-refractivity contribution in [3.05, 3.63) is 35.4 Å². The summed E-state index contributed by atoms with van der Waals surface area (Å²) in [5.74, 6) is 1.37. The fourth-order valence-electron chi connectivity index (χ4n) is 3.79. The summed E-state index contributed by atoms with van der Waals surface area (Å²) in [7, 11) is 1.83. The molecule has 1 aromatic carbocycles. The summed E-state index contributed by atoms with van der Waals surface area (Å²) >= 11 is 0. The second-order valence-corrected chi connectivity index (χ2v) is 8.24. The summed E-state index contributed by atoms with van der Waals surface area (Å²) in [5.41, 5.74) is 2.77. The minimum atomic E-state index is 0. The van der Waals surface area contributed by atoms with E-state index in [0.29, 0.717) is 12.0 Å². The first-order chi connectivity index (χ1) is 11.8. The summed E-state index contributed by atoms with van der Waals surface area (Å²) in [6.07, 6.45) is 2.64. The number of nitrogens with one attached hydrogen (secondary N) is 2. The van der Waals surface area contributed by atoms with Crippen molar-refractivity contribution in [1.82, 2.24) is 10.6 Å². The van der Waals surface area contributed by atoms with E-state index in [0.717, 1.165) is 25.5 Å². The molecule has 0 aliphatic carbocycles. The molecule has 2 rings (SSSR count). The number of rotatable bonds is 4. The van der Waals surface area contributed by atoms with Crippen LogP contribution in [0.15, 0.2) is 29.3 Å². The van der Waals surface area contributed by atoms with E-state index in [9.17, 15) is 0 Å². The molecule has 2 N–H and O–H groups in total. The lowest BCUT2D eigenvalue weighted by Crippen LogP contribution is -2.47. The minimum Gasteiger partial charge on any atom is -0.377 e. The Bertz CT molecular complexity index is 583. The summed E-state index contributed by atoms with van der Waals surface area (Å²) in [6, 6.07) is 8.70. The maximum Gasteiger partial charge on any atom is 0.191 e. The lowest BCUT2D eigenvalue weighted by molar-refractivity contribution is -0.0835. The van der Waals surface area contributed by atoms with E-state index in [1.807, 2.05) is 7.05 Å². The number of hydrogen-bond acceptors (Lipinski definition) is 2. The predicted molar refractivity (Wildman–Crippen MR) is 121 cm³/mol. The van der Waals surface area contributed by atoms with Crippen LogP contribution in [0.3, 0.4) is 0 Å². The SMILES string of the molecule is CN=C(NCC1CCCOC1C(C)(C)C)NC(C)c1ccccc1C.I. The first-order valence-electron chi connectivity index (χ1n) is 9.47. The van der Waals surface area contributed by atoms with Crippen LogP contribution in [0.4, 0.5) is 0 Å². The topological polar surface area (TPSA) is 45.7 Å². The van der Waals surface area contributed by atoms with Crippen molar-refractivity contribution < 1.29 is 4.74 Å². The normalized spacial score (nSPS) is 22.3. The Labute approximate surface area is 176 Å². The van der Waals surface area contributed by atoms with Crippen LogP contribution >= 0.6 is 24.0 Å². The van der Waals surface area contributed by atoms with Gasteiger partial charge in [-0.1, -0.05) is 45.0 Å². The molecule has 0 spiro atoms. The number of ether oxygens (including phenoxy) is 1. The van der Waals surface area contributed by atoms with Gasteiger partial charge in [0, 0.05) is 26.1 Å². The molecule has 0 amide bonds. The zero-order valence-electron chi connectivity index (χ0n) is 17.1. The van der Waals surface area contributed by atoms with Gasteiger partial charge in [-0.05, 0) is 43.2 Å². The standard InChI is InChI=1S/C21H35N3O.HI/c1-15-10-7-8-12-18(15)16(2)24-20(22-6)23-14-17-11-9-13-25-19(17)21(3,4)5;/h7-8,10,12,16-17,19H,9,11,13-14H2,1-6H3,(H2,22,23,24);1H. The molecule has 3 unspecified atom stereocenters. The van der Waals surface area contributed by atoms with Crippen molar-refractivity contribution in [3.63, 3.8) is 0 Å². The zero-order chi connectivity index (χ0) is 18.4. The number of aliphatic imine (C=N–C) groups is 1. The highest BCUT2D eigenvalue weighted by Crippen LogP contribution is 2.33. The van der Waals surface area contributed by atoms with Gasteiger partial charge >= 0.3 is 0 Å². The van der Waals surface area contributed by atoms with Crippen LogP contribution in [-0.2, 0) is 4.74 Å². The van der Waals surface area contributed by atoms with Gasteiger partial charge in [-0.15, -0.1) is 24.0 Å². The molecule has 3 atom stereocenters. The van der Waals surface area contributed by atoms with Crippen molar-refractivity contribution in [2.75, 3.05) is 20.2 Å². The highest BCUT2D eigenvalue weighted by atomic mass is 127. The lowest BCUT2D eigenvalue weighted by Gasteiger charge is -2.40. The number of benzene rings is 1. The van der Waals surface area contributed by atoms with Gasteiger partial charge in [-0.25, -0.2) is 0 Å². The Hall–Kier alpha value is -0.820. The molecule has 1 aliphatic heterocycles. The van der Waals surface area contributed by atoms with Crippen LogP contribution in [0, 0.1) is 18.3 Å². The summed E-state index contributed by atoms with van der Waals surface area (Å²) < 4.78 is 6.09. The van der Waals surface area contributed by atoms with Crippen molar-refractivity contribution >= 4 is 29.9 Å². The van der Waals surface area contributed by atoms with Gasteiger partial charge in [0.25, 0.3) is 0 Å². The summed E-state index contributed by atoms with van der Waals surface area (Å²) in [5, 5.41) is 7.04. The second kappa shape index (κ2) is 10.5.